The van der Waals surface area contributed by atoms with E-state index in [0.717, 1.165) is 5.56 Å². The van der Waals surface area contributed by atoms with Crippen LogP contribution in [-0.4, -0.2) is 6.04 Å². The molecule has 2 rings (SSSR count). The van der Waals surface area contributed by atoms with Crippen LogP contribution in [0.5, 0.6) is 0 Å². The lowest BCUT2D eigenvalue weighted by molar-refractivity contribution is 0.598. The fourth-order valence-electron chi connectivity index (χ4n) is 2.05. The molecular formula is C16H17F2N. The van der Waals surface area contributed by atoms with Crippen LogP contribution < -0.4 is 5.32 Å². The van der Waals surface area contributed by atoms with Crippen molar-refractivity contribution < 1.29 is 8.78 Å². The molecule has 2 aromatic rings. The van der Waals surface area contributed by atoms with Crippen LogP contribution in [0, 0.1) is 18.6 Å². The average Bonchev–Trinajstić information content (AvgIpc) is 2.36. The molecule has 2 aromatic carbocycles. The van der Waals surface area contributed by atoms with Crippen molar-refractivity contribution in [1.29, 1.82) is 0 Å². The van der Waals surface area contributed by atoms with Gasteiger partial charge in [0.25, 0.3) is 0 Å². The second-order valence-corrected chi connectivity index (χ2v) is 4.82. The van der Waals surface area contributed by atoms with Gasteiger partial charge >= 0.3 is 0 Å². The van der Waals surface area contributed by atoms with Gasteiger partial charge in [0.15, 0.2) is 0 Å². The Labute approximate surface area is 112 Å². The van der Waals surface area contributed by atoms with Crippen molar-refractivity contribution in [2.75, 3.05) is 5.32 Å². The number of rotatable bonds is 4. The predicted octanol–water partition coefficient (Wildman–Crippen LogP) is 4.32. The Balaban J connectivity index is 2.05. The molecule has 100 valence electrons. The molecule has 0 saturated carbocycles. The van der Waals surface area contributed by atoms with E-state index >= 15 is 0 Å². The van der Waals surface area contributed by atoms with Crippen LogP contribution in [0.15, 0.2) is 42.5 Å². The Morgan fingerprint density at radius 1 is 1.05 bits per heavy atom. The number of hydrogen-bond donors (Lipinski definition) is 1. The molecule has 19 heavy (non-hydrogen) atoms. The Morgan fingerprint density at radius 2 is 1.79 bits per heavy atom. The number of hydrogen-bond acceptors (Lipinski definition) is 1. The standard InChI is InChI=1S/C16H17F2N/c1-11-7-8-16(15(18)9-11)19-12(2)10-13-5-3-4-6-14(13)17/h3-9,12,19H,10H2,1-2H3. The monoisotopic (exact) mass is 261 g/mol. The van der Waals surface area contributed by atoms with Crippen molar-refractivity contribution in [3.05, 3.63) is 65.2 Å². The first-order valence-corrected chi connectivity index (χ1v) is 6.32. The molecule has 0 amide bonds. The molecule has 0 aromatic heterocycles. The molecule has 1 unspecified atom stereocenters. The van der Waals surface area contributed by atoms with Crippen LogP contribution in [0.4, 0.5) is 14.5 Å². The third kappa shape index (κ3) is 3.53. The van der Waals surface area contributed by atoms with Crippen molar-refractivity contribution in [3.63, 3.8) is 0 Å². The zero-order chi connectivity index (χ0) is 13.8. The van der Waals surface area contributed by atoms with Crippen molar-refractivity contribution in [1.82, 2.24) is 0 Å². The van der Waals surface area contributed by atoms with Gasteiger partial charge in [0.2, 0.25) is 0 Å². The van der Waals surface area contributed by atoms with Gasteiger partial charge in [0.1, 0.15) is 11.6 Å². The van der Waals surface area contributed by atoms with Gasteiger partial charge in [-0.15, -0.1) is 0 Å². The highest BCUT2D eigenvalue weighted by atomic mass is 19.1. The second-order valence-electron chi connectivity index (χ2n) is 4.82. The summed E-state index contributed by atoms with van der Waals surface area (Å²) in [4.78, 5) is 0. The molecule has 0 spiro atoms. The molecule has 0 aliphatic rings. The first-order valence-electron chi connectivity index (χ1n) is 6.32. The molecule has 1 atom stereocenters. The first-order chi connectivity index (χ1) is 9.06. The number of nitrogens with one attached hydrogen (secondary N) is 1. The second kappa shape index (κ2) is 5.83. The van der Waals surface area contributed by atoms with Crippen molar-refractivity contribution in [2.45, 2.75) is 26.3 Å². The third-order valence-corrected chi connectivity index (χ3v) is 3.01. The maximum absolute atomic E-state index is 13.7. The number of benzene rings is 2. The molecule has 0 aliphatic carbocycles. The lowest BCUT2D eigenvalue weighted by Crippen LogP contribution is -2.19. The van der Waals surface area contributed by atoms with Gasteiger partial charge in [0.05, 0.1) is 5.69 Å². The Bertz CT molecular complexity index is 566. The molecule has 0 fully saturated rings. The highest BCUT2D eigenvalue weighted by Gasteiger charge is 2.09. The first kappa shape index (κ1) is 13.5. The van der Waals surface area contributed by atoms with Crippen LogP contribution in [0.1, 0.15) is 18.1 Å². The molecule has 3 heteroatoms. The number of halogens is 2. The minimum absolute atomic E-state index is 0.0471. The summed E-state index contributed by atoms with van der Waals surface area (Å²) in [6.45, 7) is 3.75. The van der Waals surface area contributed by atoms with Crippen LogP contribution >= 0.6 is 0 Å². The molecular weight excluding hydrogens is 244 g/mol. The van der Waals surface area contributed by atoms with Crippen molar-refractivity contribution in [2.24, 2.45) is 0 Å². The van der Waals surface area contributed by atoms with E-state index in [4.69, 9.17) is 0 Å². The Hall–Kier alpha value is -1.90. The highest BCUT2D eigenvalue weighted by Crippen LogP contribution is 2.18. The van der Waals surface area contributed by atoms with E-state index in [1.807, 2.05) is 19.9 Å². The van der Waals surface area contributed by atoms with Gasteiger partial charge in [-0.3, -0.25) is 0 Å². The fraction of sp³-hybridized carbons (Fsp3) is 0.250. The van der Waals surface area contributed by atoms with E-state index in [1.165, 1.54) is 12.1 Å². The minimum Gasteiger partial charge on any atom is -0.380 e. The van der Waals surface area contributed by atoms with Crippen LogP contribution in [0.25, 0.3) is 0 Å². The van der Waals surface area contributed by atoms with Crippen LogP contribution in [-0.2, 0) is 6.42 Å². The molecule has 1 nitrogen and oxygen atoms in total. The van der Waals surface area contributed by atoms with Gasteiger partial charge < -0.3 is 5.32 Å². The van der Waals surface area contributed by atoms with E-state index in [9.17, 15) is 8.78 Å². The molecule has 0 radical (unpaired) electrons. The van der Waals surface area contributed by atoms with E-state index in [0.29, 0.717) is 17.7 Å². The highest BCUT2D eigenvalue weighted by molar-refractivity contribution is 5.47. The van der Waals surface area contributed by atoms with E-state index < -0.39 is 0 Å². The lowest BCUT2D eigenvalue weighted by atomic mass is 10.1. The summed E-state index contributed by atoms with van der Waals surface area (Å²) in [5.41, 5.74) is 1.97. The van der Waals surface area contributed by atoms with Crippen LogP contribution in [0.2, 0.25) is 0 Å². The van der Waals surface area contributed by atoms with Gasteiger partial charge in [-0.25, -0.2) is 8.78 Å². The summed E-state index contributed by atoms with van der Waals surface area (Å²) < 4.78 is 27.2. The molecule has 0 bridgehead atoms. The predicted molar refractivity (Wildman–Crippen MR) is 74.3 cm³/mol. The Kier molecular flexibility index (Phi) is 4.15. The summed E-state index contributed by atoms with van der Waals surface area (Å²) in [7, 11) is 0. The molecule has 1 N–H and O–H groups in total. The lowest BCUT2D eigenvalue weighted by Gasteiger charge is -2.16. The summed E-state index contributed by atoms with van der Waals surface area (Å²) in [5, 5.41) is 3.07. The zero-order valence-corrected chi connectivity index (χ0v) is 11.1. The van der Waals surface area contributed by atoms with Gasteiger partial charge in [0, 0.05) is 6.04 Å². The Morgan fingerprint density at radius 3 is 2.47 bits per heavy atom. The smallest absolute Gasteiger partial charge is 0.146 e. The number of anilines is 1. The third-order valence-electron chi connectivity index (χ3n) is 3.01. The molecule has 0 saturated heterocycles. The van der Waals surface area contributed by atoms with E-state index in [-0.39, 0.29) is 17.7 Å². The van der Waals surface area contributed by atoms with E-state index in [2.05, 4.69) is 5.32 Å². The van der Waals surface area contributed by atoms with Gasteiger partial charge in [-0.2, -0.15) is 0 Å². The van der Waals surface area contributed by atoms with Crippen molar-refractivity contribution >= 4 is 5.69 Å². The molecule has 0 aliphatic heterocycles. The molecule has 0 heterocycles. The average molecular weight is 261 g/mol. The van der Waals surface area contributed by atoms with E-state index in [1.54, 1.807) is 24.3 Å². The summed E-state index contributed by atoms with van der Waals surface area (Å²) in [6.07, 6.45) is 0.514. The minimum atomic E-state index is -0.277. The van der Waals surface area contributed by atoms with Gasteiger partial charge in [-0.1, -0.05) is 24.3 Å². The largest absolute Gasteiger partial charge is 0.380 e. The van der Waals surface area contributed by atoms with Crippen LogP contribution in [0.3, 0.4) is 0 Å². The zero-order valence-electron chi connectivity index (χ0n) is 11.1. The van der Waals surface area contributed by atoms with Crippen molar-refractivity contribution in [3.8, 4) is 0 Å². The maximum Gasteiger partial charge on any atom is 0.146 e. The summed E-state index contributed by atoms with van der Waals surface area (Å²) >= 11 is 0. The summed E-state index contributed by atoms with van der Waals surface area (Å²) in [6, 6.07) is 11.7. The normalized spacial score (nSPS) is 12.2. The number of aryl methyl sites for hydroxylation is 1. The quantitative estimate of drug-likeness (QED) is 0.864. The van der Waals surface area contributed by atoms with Gasteiger partial charge in [-0.05, 0) is 49.6 Å². The fourth-order valence-corrected chi connectivity index (χ4v) is 2.05. The SMILES string of the molecule is Cc1ccc(NC(C)Cc2ccccc2F)c(F)c1. The maximum atomic E-state index is 13.7. The topological polar surface area (TPSA) is 12.0 Å². The summed E-state index contributed by atoms with van der Waals surface area (Å²) in [5.74, 6) is -0.499.